The van der Waals surface area contributed by atoms with Crippen LogP contribution in [0.5, 0.6) is 11.5 Å². The Hall–Kier alpha value is -3.54. The SMILES string of the molecule is CCN(C(=O)COc1c(OC)cccc1C(=O)N(C)C)c1cccc2ccccc12. The van der Waals surface area contributed by atoms with Crippen molar-refractivity contribution in [3.8, 4) is 11.5 Å². The van der Waals surface area contributed by atoms with E-state index in [9.17, 15) is 9.59 Å². The number of carbonyl (C=O) groups excluding carboxylic acids is 2. The standard InChI is InChI=1S/C24H26N2O4/c1-5-26(20-14-8-11-17-10-6-7-12-18(17)20)22(27)16-30-23-19(24(28)25(2)3)13-9-15-21(23)29-4/h6-15H,5,16H2,1-4H3. The van der Waals surface area contributed by atoms with Gasteiger partial charge in [-0.1, -0.05) is 42.5 Å². The quantitative estimate of drug-likeness (QED) is 0.595. The summed E-state index contributed by atoms with van der Waals surface area (Å²) >= 11 is 0. The van der Waals surface area contributed by atoms with Gasteiger partial charge >= 0.3 is 0 Å². The van der Waals surface area contributed by atoms with Crippen LogP contribution in [0, 0.1) is 0 Å². The summed E-state index contributed by atoms with van der Waals surface area (Å²) in [5, 5.41) is 2.06. The van der Waals surface area contributed by atoms with Crippen LogP contribution < -0.4 is 14.4 Å². The van der Waals surface area contributed by atoms with Gasteiger partial charge in [-0.15, -0.1) is 0 Å². The van der Waals surface area contributed by atoms with Crippen LogP contribution in [0.4, 0.5) is 5.69 Å². The summed E-state index contributed by atoms with van der Waals surface area (Å²) in [7, 11) is 4.83. The molecule has 0 spiro atoms. The van der Waals surface area contributed by atoms with Crippen LogP contribution >= 0.6 is 0 Å². The molecule has 0 aromatic heterocycles. The van der Waals surface area contributed by atoms with Crippen molar-refractivity contribution in [2.45, 2.75) is 6.92 Å². The molecule has 0 atom stereocenters. The van der Waals surface area contributed by atoms with Crippen LogP contribution in [-0.4, -0.2) is 51.1 Å². The van der Waals surface area contributed by atoms with E-state index in [1.165, 1.54) is 12.0 Å². The number of ether oxygens (including phenoxy) is 2. The van der Waals surface area contributed by atoms with E-state index in [1.54, 1.807) is 37.2 Å². The predicted molar refractivity (Wildman–Crippen MR) is 118 cm³/mol. The van der Waals surface area contributed by atoms with Crippen LogP contribution in [0.25, 0.3) is 10.8 Å². The first-order chi connectivity index (χ1) is 14.5. The number of benzene rings is 3. The van der Waals surface area contributed by atoms with Gasteiger partial charge in [-0.05, 0) is 30.5 Å². The lowest BCUT2D eigenvalue weighted by molar-refractivity contribution is -0.120. The maximum absolute atomic E-state index is 13.1. The number of para-hydroxylation sites is 1. The van der Waals surface area contributed by atoms with Gasteiger partial charge in [0.15, 0.2) is 18.1 Å². The minimum Gasteiger partial charge on any atom is -0.493 e. The Morgan fingerprint density at radius 2 is 1.63 bits per heavy atom. The number of anilines is 1. The summed E-state index contributed by atoms with van der Waals surface area (Å²) in [5.41, 5.74) is 1.18. The molecule has 3 rings (SSSR count). The monoisotopic (exact) mass is 406 g/mol. The molecule has 0 aliphatic rings. The van der Waals surface area contributed by atoms with Crippen molar-refractivity contribution in [2.75, 3.05) is 39.3 Å². The zero-order valence-electron chi connectivity index (χ0n) is 17.7. The van der Waals surface area contributed by atoms with E-state index in [-0.39, 0.29) is 24.2 Å². The zero-order valence-corrected chi connectivity index (χ0v) is 17.7. The second-order valence-corrected chi connectivity index (χ2v) is 6.96. The number of methoxy groups -OCH3 is 1. The lowest BCUT2D eigenvalue weighted by atomic mass is 10.1. The second-order valence-electron chi connectivity index (χ2n) is 6.96. The number of rotatable bonds is 7. The van der Waals surface area contributed by atoms with Gasteiger partial charge in [0.2, 0.25) is 0 Å². The molecule has 0 saturated heterocycles. The number of fused-ring (bicyclic) bond motifs is 1. The van der Waals surface area contributed by atoms with E-state index in [2.05, 4.69) is 0 Å². The van der Waals surface area contributed by atoms with Gasteiger partial charge in [-0.25, -0.2) is 0 Å². The van der Waals surface area contributed by atoms with Crippen molar-refractivity contribution < 1.29 is 19.1 Å². The molecule has 2 amide bonds. The zero-order chi connectivity index (χ0) is 21.7. The molecular weight excluding hydrogens is 380 g/mol. The molecule has 0 N–H and O–H groups in total. The van der Waals surface area contributed by atoms with Crippen molar-refractivity contribution in [1.29, 1.82) is 0 Å². The first-order valence-electron chi connectivity index (χ1n) is 9.77. The maximum Gasteiger partial charge on any atom is 0.264 e. The molecule has 0 unspecified atom stereocenters. The largest absolute Gasteiger partial charge is 0.493 e. The van der Waals surface area contributed by atoms with Crippen molar-refractivity contribution in [2.24, 2.45) is 0 Å². The molecule has 3 aromatic rings. The van der Waals surface area contributed by atoms with Crippen LogP contribution in [0.3, 0.4) is 0 Å². The number of hydrogen-bond donors (Lipinski definition) is 0. The molecule has 0 radical (unpaired) electrons. The normalized spacial score (nSPS) is 10.5. The van der Waals surface area contributed by atoms with Gasteiger partial charge < -0.3 is 19.3 Å². The van der Waals surface area contributed by atoms with Crippen molar-refractivity contribution >= 4 is 28.3 Å². The van der Waals surface area contributed by atoms with Gasteiger partial charge in [0, 0.05) is 26.0 Å². The minimum absolute atomic E-state index is 0.206. The number of hydrogen-bond acceptors (Lipinski definition) is 4. The molecule has 0 aliphatic carbocycles. The summed E-state index contributed by atoms with van der Waals surface area (Å²) < 4.78 is 11.2. The van der Waals surface area contributed by atoms with E-state index in [4.69, 9.17) is 9.47 Å². The predicted octanol–water partition coefficient (Wildman–Crippen LogP) is 3.98. The van der Waals surface area contributed by atoms with Gasteiger partial charge in [-0.2, -0.15) is 0 Å². The fourth-order valence-corrected chi connectivity index (χ4v) is 3.37. The molecule has 0 bridgehead atoms. The highest BCUT2D eigenvalue weighted by Gasteiger charge is 2.22. The molecule has 30 heavy (non-hydrogen) atoms. The number of carbonyl (C=O) groups is 2. The molecule has 0 fully saturated rings. The molecular formula is C24H26N2O4. The van der Waals surface area contributed by atoms with Crippen molar-refractivity contribution in [3.05, 3.63) is 66.2 Å². The maximum atomic E-state index is 13.1. The third-order valence-corrected chi connectivity index (χ3v) is 4.85. The Balaban J connectivity index is 1.88. The summed E-state index contributed by atoms with van der Waals surface area (Å²) in [4.78, 5) is 28.7. The van der Waals surface area contributed by atoms with Crippen LogP contribution in [0.15, 0.2) is 60.7 Å². The van der Waals surface area contributed by atoms with Gasteiger partial charge in [0.25, 0.3) is 11.8 Å². The van der Waals surface area contributed by atoms with E-state index < -0.39 is 0 Å². The second kappa shape index (κ2) is 9.31. The van der Waals surface area contributed by atoms with E-state index >= 15 is 0 Å². The molecule has 3 aromatic carbocycles. The minimum atomic E-state index is -0.224. The Morgan fingerprint density at radius 1 is 0.933 bits per heavy atom. The smallest absolute Gasteiger partial charge is 0.264 e. The summed E-state index contributed by atoms with van der Waals surface area (Å²) in [6, 6.07) is 18.9. The van der Waals surface area contributed by atoms with E-state index in [0.29, 0.717) is 17.9 Å². The van der Waals surface area contributed by atoms with Gasteiger partial charge in [0.05, 0.1) is 18.4 Å². The van der Waals surface area contributed by atoms with Crippen molar-refractivity contribution in [1.82, 2.24) is 4.90 Å². The molecule has 0 heterocycles. The Bertz CT molecular complexity index is 1060. The Kier molecular flexibility index (Phi) is 6.57. The van der Waals surface area contributed by atoms with Crippen LogP contribution in [0.1, 0.15) is 17.3 Å². The summed E-state index contributed by atoms with van der Waals surface area (Å²) in [5.74, 6) is 0.241. The molecule has 6 heteroatoms. The third kappa shape index (κ3) is 4.22. The van der Waals surface area contributed by atoms with E-state index in [1.807, 2.05) is 49.4 Å². The van der Waals surface area contributed by atoms with E-state index in [0.717, 1.165) is 16.5 Å². The van der Waals surface area contributed by atoms with Crippen molar-refractivity contribution in [3.63, 3.8) is 0 Å². The van der Waals surface area contributed by atoms with Crippen LogP contribution in [-0.2, 0) is 4.79 Å². The molecule has 0 aliphatic heterocycles. The lowest BCUT2D eigenvalue weighted by Gasteiger charge is -2.23. The number of amides is 2. The average molecular weight is 406 g/mol. The summed E-state index contributed by atoms with van der Waals surface area (Å²) in [6.45, 7) is 2.19. The average Bonchev–Trinajstić information content (AvgIpc) is 2.77. The highest BCUT2D eigenvalue weighted by Crippen LogP contribution is 2.32. The molecule has 0 saturated carbocycles. The van der Waals surface area contributed by atoms with Gasteiger partial charge in [0.1, 0.15) is 0 Å². The highest BCUT2D eigenvalue weighted by molar-refractivity contribution is 6.04. The number of likely N-dealkylation sites (N-methyl/N-ethyl adjacent to an activating group) is 1. The fraction of sp³-hybridized carbons (Fsp3) is 0.250. The summed E-state index contributed by atoms with van der Waals surface area (Å²) in [6.07, 6.45) is 0. The third-order valence-electron chi connectivity index (χ3n) is 4.85. The highest BCUT2D eigenvalue weighted by atomic mass is 16.5. The topological polar surface area (TPSA) is 59.1 Å². The Morgan fingerprint density at radius 3 is 2.33 bits per heavy atom. The van der Waals surface area contributed by atoms with Gasteiger partial charge in [-0.3, -0.25) is 9.59 Å². The Labute approximate surface area is 176 Å². The molecule has 6 nitrogen and oxygen atoms in total. The fourth-order valence-electron chi connectivity index (χ4n) is 3.37. The first-order valence-corrected chi connectivity index (χ1v) is 9.77. The lowest BCUT2D eigenvalue weighted by Crippen LogP contribution is -2.35. The van der Waals surface area contributed by atoms with Crippen LogP contribution in [0.2, 0.25) is 0 Å². The number of nitrogens with zero attached hydrogens (tertiary/aromatic N) is 2. The first kappa shape index (κ1) is 21.2. The molecule has 156 valence electrons.